The summed E-state index contributed by atoms with van der Waals surface area (Å²) in [5, 5.41) is 0. The van der Waals surface area contributed by atoms with Crippen molar-refractivity contribution in [3.63, 3.8) is 0 Å². The van der Waals surface area contributed by atoms with E-state index in [9.17, 15) is 0 Å². The molecule has 0 spiro atoms. The highest BCUT2D eigenvalue weighted by Gasteiger charge is 2.55. The average molecular weight is 311 g/mol. The highest BCUT2D eigenvalue weighted by atomic mass is 31.2. The van der Waals surface area contributed by atoms with Gasteiger partial charge in [-0.1, -0.05) is 63.5 Å². The standard InChI is InChI=1S/C15H27OPSi2/c1-12-10-8-9-11-13(12)14-16-17(14)15(18(2,3)4)19(5,6)7/h8-11,14-15H,1-7H3. The van der Waals surface area contributed by atoms with Crippen molar-refractivity contribution < 1.29 is 4.52 Å². The highest BCUT2D eigenvalue weighted by Crippen LogP contribution is 2.76. The zero-order valence-electron chi connectivity index (χ0n) is 13.3. The van der Waals surface area contributed by atoms with Crippen molar-refractivity contribution in [1.29, 1.82) is 0 Å². The lowest BCUT2D eigenvalue weighted by Gasteiger charge is -2.37. The quantitative estimate of drug-likeness (QED) is 0.404. The first-order valence-corrected chi connectivity index (χ1v) is 15.7. The predicted octanol–water partition coefficient (Wildman–Crippen LogP) is 5.54. The van der Waals surface area contributed by atoms with Crippen molar-refractivity contribution >= 4 is 24.3 Å². The van der Waals surface area contributed by atoms with Crippen LogP contribution in [0.15, 0.2) is 24.3 Å². The Hall–Kier alpha value is 0.0438. The lowest BCUT2D eigenvalue weighted by atomic mass is 10.1. The van der Waals surface area contributed by atoms with Crippen molar-refractivity contribution in [2.75, 3.05) is 0 Å². The predicted molar refractivity (Wildman–Crippen MR) is 92.4 cm³/mol. The molecular weight excluding hydrogens is 283 g/mol. The molecule has 1 fully saturated rings. The summed E-state index contributed by atoms with van der Waals surface area (Å²) < 4.78 is 6.23. The van der Waals surface area contributed by atoms with Crippen molar-refractivity contribution in [2.24, 2.45) is 0 Å². The molecule has 19 heavy (non-hydrogen) atoms. The van der Waals surface area contributed by atoms with Crippen molar-refractivity contribution in [1.82, 2.24) is 0 Å². The van der Waals surface area contributed by atoms with Crippen LogP contribution in [-0.4, -0.2) is 21.1 Å². The molecule has 1 saturated heterocycles. The van der Waals surface area contributed by atoms with E-state index in [2.05, 4.69) is 70.5 Å². The molecule has 1 aromatic rings. The van der Waals surface area contributed by atoms with Gasteiger partial charge in [0.15, 0.2) is 0 Å². The molecule has 0 aromatic heterocycles. The van der Waals surface area contributed by atoms with Crippen LogP contribution in [-0.2, 0) is 4.52 Å². The third-order valence-electron chi connectivity index (χ3n) is 3.76. The van der Waals surface area contributed by atoms with Gasteiger partial charge in [-0.3, -0.25) is 0 Å². The molecule has 1 heterocycles. The first-order chi connectivity index (χ1) is 8.62. The molecule has 2 unspecified atom stereocenters. The summed E-state index contributed by atoms with van der Waals surface area (Å²) in [5.41, 5.74) is 2.83. The molecule has 1 aliphatic rings. The normalized spacial score (nSPS) is 23.8. The third kappa shape index (κ3) is 3.38. The van der Waals surface area contributed by atoms with Crippen molar-refractivity contribution in [3.8, 4) is 0 Å². The van der Waals surface area contributed by atoms with E-state index in [0.717, 1.165) is 4.91 Å². The fourth-order valence-electron chi connectivity index (χ4n) is 3.40. The molecule has 1 nitrogen and oxygen atoms in total. The number of benzene rings is 1. The van der Waals surface area contributed by atoms with E-state index in [4.69, 9.17) is 4.52 Å². The second kappa shape index (κ2) is 5.10. The Kier molecular flexibility index (Phi) is 4.15. The Morgan fingerprint density at radius 1 is 1.00 bits per heavy atom. The first kappa shape index (κ1) is 15.4. The molecule has 106 valence electrons. The van der Waals surface area contributed by atoms with Gasteiger partial charge >= 0.3 is 0 Å². The third-order valence-corrected chi connectivity index (χ3v) is 20.0. The smallest absolute Gasteiger partial charge is 0.131 e. The number of hydrogen-bond acceptors (Lipinski definition) is 1. The van der Waals surface area contributed by atoms with E-state index in [1.807, 2.05) is 0 Å². The molecular formula is C15H27OPSi2. The Bertz CT molecular complexity index is 448. The van der Waals surface area contributed by atoms with Crippen molar-refractivity contribution in [3.05, 3.63) is 35.4 Å². The Morgan fingerprint density at radius 3 is 2.00 bits per heavy atom. The highest BCUT2D eigenvalue weighted by molar-refractivity contribution is 7.66. The number of rotatable bonds is 4. The Morgan fingerprint density at radius 2 is 1.53 bits per heavy atom. The molecule has 2 atom stereocenters. The van der Waals surface area contributed by atoms with E-state index in [1.165, 1.54) is 11.1 Å². The topological polar surface area (TPSA) is 12.5 Å². The van der Waals surface area contributed by atoms with Gasteiger partial charge in [0.25, 0.3) is 0 Å². The molecule has 2 rings (SSSR count). The minimum absolute atomic E-state index is 0.222. The second-order valence-electron chi connectivity index (χ2n) is 7.81. The lowest BCUT2D eigenvalue weighted by molar-refractivity contribution is 0.469. The van der Waals surface area contributed by atoms with Crippen LogP contribution in [0.25, 0.3) is 0 Å². The SMILES string of the molecule is Cc1ccccc1C1OP1C([Si](C)(C)C)[Si](C)(C)C. The molecule has 0 saturated carbocycles. The van der Waals surface area contributed by atoms with Crippen LogP contribution in [0.1, 0.15) is 17.0 Å². The molecule has 4 heteroatoms. The van der Waals surface area contributed by atoms with Gasteiger partial charge in [-0.2, -0.15) is 0 Å². The summed E-state index contributed by atoms with van der Waals surface area (Å²) in [6, 6.07) is 8.74. The maximum atomic E-state index is 6.23. The molecule has 0 aliphatic carbocycles. The summed E-state index contributed by atoms with van der Waals surface area (Å²) in [4.78, 5) is 0.902. The zero-order valence-corrected chi connectivity index (χ0v) is 16.2. The van der Waals surface area contributed by atoms with Gasteiger partial charge in [-0.05, 0) is 23.0 Å². The van der Waals surface area contributed by atoms with Crippen molar-refractivity contribution in [2.45, 2.75) is 57.0 Å². The lowest BCUT2D eigenvalue weighted by Crippen LogP contribution is -2.51. The monoisotopic (exact) mass is 310 g/mol. The van der Waals surface area contributed by atoms with Gasteiger partial charge in [0.2, 0.25) is 0 Å². The van der Waals surface area contributed by atoms with Gasteiger partial charge in [-0.25, -0.2) is 0 Å². The molecule has 0 N–H and O–H groups in total. The molecule has 0 bridgehead atoms. The van der Waals surface area contributed by atoms with Crippen LogP contribution in [0, 0.1) is 6.92 Å². The summed E-state index contributed by atoms with van der Waals surface area (Å²) in [7, 11) is -2.52. The maximum absolute atomic E-state index is 6.23. The van der Waals surface area contributed by atoms with E-state index in [0.29, 0.717) is 5.85 Å². The van der Waals surface area contributed by atoms with Gasteiger partial charge in [0.1, 0.15) is 5.85 Å². The fourth-order valence-corrected chi connectivity index (χ4v) is 22.5. The van der Waals surface area contributed by atoms with Crippen LogP contribution in [0.5, 0.6) is 0 Å². The molecule has 0 radical (unpaired) electrons. The minimum Gasteiger partial charge on any atom is -0.342 e. The first-order valence-electron chi connectivity index (χ1n) is 7.13. The van der Waals surface area contributed by atoms with Gasteiger partial charge in [0.05, 0.1) is 24.3 Å². The van der Waals surface area contributed by atoms with Crippen LogP contribution >= 0.6 is 8.15 Å². The van der Waals surface area contributed by atoms with Crippen LogP contribution in [0.2, 0.25) is 39.3 Å². The van der Waals surface area contributed by atoms with E-state index in [1.54, 1.807) is 0 Å². The van der Waals surface area contributed by atoms with E-state index in [-0.39, 0.29) is 8.15 Å². The summed E-state index contributed by atoms with van der Waals surface area (Å²) in [6.07, 6.45) is 0. The summed E-state index contributed by atoms with van der Waals surface area (Å²) in [5.74, 6) is 0.430. The van der Waals surface area contributed by atoms with Gasteiger partial charge in [-0.15, -0.1) is 0 Å². The fraction of sp³-hybridized carbons (Fsp3) is 0.600. The van der Waals surface area contributed by atoms with Crippen LogP contribution in [0.3, 0.4) is 0 Å². The number of hydrogen-bond donors (Lipinski definition) is 0. The minimum atomic E-state index is -1.15. The number of aryl methyl sites for hydroxylation is 1. The average Bonchev–Trinajstić information content (AvgIpc) is 2.93. The maximum Gasteiger partial charge on any atom is 0.131 e. The Balaban J connectivity index is 2.23. The van der Waals surface area contributed by atoms with Gasteiger partial charge in [0, 0.05) is 0 Å². The summed E-state index contributed by atoms with van der Waals surface area (Å²) >= 11 is 0. The van der Waals surface area contributed by atoms with Crippen LogP contribution in [0.4, 0.5) is 0 Å². The van der Waals surface area contributed by atoms with Crippen LogP contribution < -0.4 is 0 Å². The Labute approximate surface area is 121 Å². The van der Waals surface area contributed by atoms with Gasteiger partial charge < -0.3 is 4.52 Å². The summed E-state index contributed by atoms with van der Waals surface area (Å²) in [6.45, 7) is 17.3. The van der Waals surface area contributed by atoms with E-state index >= 15 is 0 Å². The molecule has 1 aromatic carbocycles. The van der Waals surface area contributed by atoms with E-state index < -0.39 is 16.1 Å². The molecule has 0 amide bonds. The molecule has 1 aliphatic heterocycles. The zero-order chi connectivity index (χ0) is 14.4. The second-order valence-corrected chi connectivity index (χ2v) is 21.9. The largest absolute Gasteiger partial charge is 0.342 e.